The first-order chi connectivity index (χ1) is 11.2. The Hall–Kier alpha value is -2.34. The van der Waals surface area contributed by atoms with Crippen LogP contribution in [-0.2, 0) is 6.61 Å². The first-order valence-electron chi connectivity index (χ1n) is 7.89. The second-order valence-electron chi connectivity index (χ2n) is 5.81. The van der Waals surface area contributed by atoms with E-state index in [1.807, 2.05) is 20.2 Å². The van der Waals surface area contributed by atoms with Crippen molar-refractivity contribution in [2.75, 3.05) is 50.1 Å². The fourth-order valence-electron chi connectivity index (χ4n) is 2.54. The number of piperazine rings is 1. The van der Waals surface area contributed by atoms with E-state index in [-0.39, 0.29) is 0 Å². The Morgan fingerprint density at radius 1 is 1.22 bits per heavy atom. The van der Waals surface area contributed by atoms with Crippen LogP contribution in [0.4, 0.5) is 11.5 Å². The number of nitrogens with one attached hydrogen (secondary N) is 1. The van der Waals surface area contributed by atoms with Crippen LogP contribution in [0.2, 0.25) is 0 Å². The molecule has 1 aromatic heterocycles. The maximum absolute atomic E-state index is 5.82. The van der Waals surface area contributed by atoms with Gasteiger partial charge in [0.25, 0.3) is 0 Å². The zero-order valence-corrected chi connectivity index (χ0v) is 13.7. The van der Waals surface area contributed by atoms with Gasteiger partial charge in [-0.15, -0.1) is 0 Å². The Kier molecular flexibility index (Phi) is 4.92. The van der Waals surface area contributed by atoms with E-state index >= 15 is 0 Å². The van der Waals surface area contributed by atoms with E-state index in [0.29, 0.717) is 12.5 Å². The van der Waals surface area contributed by atoms with Gasteiger partial charge in [-0.2, -0.15) is 4.98 Å². The maximum atomic E-state index is 5.82. The van der Waals surface area contributed by atoms with Crippen molar-refractivity contribution >= 4 is 11.5 Å². The molecule has 0 bridgehead atoms. The molecule has 1 N–H and O–H groups in total. The maximum Gasteiger partial charge on any atom is 0.234 e. The quantitative estimate of drug-likeness (QED) is 0.903. The molecule has 1 aliphatic heterocycles. The molecule has 0 unspecified atom stereocenters. The lowest BCUT2D eigenvalue weighted by Crippen LogP contribution is -2.43. The molecule has 2 heterocycles. The largest absolute Gasteiger partial charge is 0.472 e. The van der Waals surface area contributed by atoms with E-state index in [1.54, 1.807) is 12.4 Å². The number of hydrogen-bond acceptors (Lipinski definition) is 6. The Morgan fingerprint density at radius 2 is 2.04 bits per heavy atom. The minimum absolute atomic E-state index is 0.487. The van der Waals surface area contributed by atoms with Crippen molar-refractivity contribution in [1.29, 1.82) is 0 Å². The zero-order chi connectivity index (χ0) is 16.1. The Balaban J connectivity index is 1.65. The molecule has 1 aromatic carbocycles. The van der Waals surface area contributed by atoms with Gasteiger partial charge in [0.05, 0.1) is 12.4 Å². The van der Waals surface area contributed by atoms with Gasteiger partial charge < -0.3 is 19.9 Å². The van der Waals surface area contributed by atoms with Crippen LogP contribution in [0, 0.1) is 0 Å². The van der Waals surface area contributed by atoms with Crippen LogP contribution < -0.4 is 19.9 Å². The monoisotopic (exact) mass is 313 g/mol. The van der Waals surface area contributed by atoms with E-state index in [2.05, 4.69) is 43.3 Å². The molecule has 1 saturated heterocycles. The van der Waals surface area contributed by atoms with Crippen LogP contribution in [0.15, 0.2) is 36.7 Å². The van der Waals surface area contributed by atoms with E-state index in [9.17, 15) is 0 Å². The average Bonchev–Trinajstić information content (AvgIpc) is 2.61. The van der Waals surface area contributed by atoms with Crippen molar-refractivity contribution in [3.8, 4) is 5.88 Å². The third-order valence-corrected chi connectivity index (χ3v) is 3.85. The fourth-order valence-corrected chi connectivity index (χ4v) is 2.54. The van der Waals surface area contributed by atoms with E-state index < -0.39 is 0 Å². The minimum atomic E-state index is 0.487. The molecule has 0 spiro atoms. The highest BCUT2D eigenvalue weighted by molar-refractivity contribution is 5.47. The Bertz CT molecular complexity index is 640. The van der Waals surface area contributed by atoms with Gasteiger partial charge in [0.2, 0.25) is 5.88 Å². The third kappa shape index (κ3) is 4.10. The molecule has 23 heavy (non-hydrogen) atoms. The number of anilines is 2. The van der Waals surface area contributed by atoms with Gasteiger partial charge in [0, 0.05) is 46.0 Å². The molecule has 122 valence electrons. The molecule has 6 heteroatoms. The number of benzene rings is 1. The number of aromatic nitrogens is 2. The number of rotatable bonds is 5. The van der Waals surface area contributed by atoms with Crippen molar-refractivity contribution in [1.82, 2.24) is 15.3 Å². The van der Waals surface area contributed by atoms with Crippen molar-refractivity contribution in [3.63, 3.8) is 0 Å². The molecule has 0 amide bonds. The number of hydrogen-bond donors (Lipinski definition) is 1. The highest BCUT2D eigenvalue weighted by Gasteiger charge is 2.12. The standard InChI is InChI=1S/C17H23N5O/c1-21(2)15-5-3-4-14(10-15)13-23-17-12-19-11-16(20-17)22-8-6-18-7-9-22/h3-5,10-12,18H,6-9,13H2,1-2H3. The highest BCUT2D eigenvalue weighted by atomic mass is 16.5. The third-order valence-electron chi connectivity index (χ3n) is 3.85. The predicted molar refractivity (Wildman–Crippen MR) is 92.2 cm³/mol. The second-order valence-corrected chi connectivity index (χ2v) is 5.81. The summed E-state index contributed by atoms with van der Waals surface area (Å²) in [6.45, 7) is 4.33. The summed E-state index contributed by atoms with van der Waals surface area (Å²) in [4.78, 5) is 13.1. The first-order valence-corrected chi connectivity index (χ1v) is 7.89. The normalized spacial score (nSPS) is 14.6. The molecular weight excluding hydrogens is 290 g/mol. The summed E-state index contributed by atoms with van der Waals surface area (Å²) < 4.78 is 5.82. The number of nitrogens with zero attached hydrogens (tertiary/aromatic N) is 4. The smallest absolute Gasteiger partial charge is 0.234 e. The van der Waals surface area contributed by atoms with Crippen LogP contribution in [0.25, 0.3) is 0 Å². The van der Waals surface area contributed by atoms with Gasteiger partial charge in [0.15, 0.2) is 5.82 Å². The molecule has 3 rings (SSSR count). The Morgan fingerprint density at radius 3 is 2.83 bits per heavy atom. The topological polar surface area (TPSA) is 53.5 Å². The molecule has 0 radical (unpaired) electrons. The van der Waals surface area contributed by atoms with Crippen molar-refractivity contribution in [3.05, 3.63) is 42.2 Å². The molecule has 1 fully saturated rings. The average molecular weight is 313 g/mol. The lowest BCUT2D eigenvalue weighted by molar-refractivity contribution is 0.292. The summed E-state index contributed by atoms with van der Waals surface area (Å²) in [7, 11) is 4.06. The fraction of sp³-hybridized carbons (Fsp3) is 0.412. The van der Waals surface area contributed by atoms with Crippen molar-refractivity contribution in [2.45, 2.75) is 6.61 Å². The lowest BCUT2D eigenvalue weighted by Gasteiger charge is -2.28. The minimum Gasteiger partial charge on any atom is -0.472 e. The van der Waals surface area contributed by atoms with Crippen molar-refractivity contribution in [2.24, 2.45) is 0 Å². The SMILES string of the molecule is CN(C)c1cccc(COc2cncc(N3CCNCC3)n2)c1. The number of ether oxygens (including phenoxy) is 1. The van der Waals surface area contributed by atoms with Gasteiger partial charge in [-0.1, -0.05) is 12.1 Å². The molecule has 0 atom stereocenters. The van der Waals surface area contributed by atoms with Crippen LogP contribution in [0.1, 0.15) is 5.56 Å². The van der Waals surface area contributed by atoms with Gasteiger partial charge in [0.1, 0.15) is 6.61 Å². The van der Waals surface area contributed by atoms with Crippen molar-refractivity contribution < 1.29 is 4.74 Å². The molecule has 1 aliphatic rings. The van der Waals surface area contributed by atoms with E-state index in [4.69, 9.17) is 4.74 Å². The lowest BCUT2D eigenvalue weighted by atomic mass is 10.2. The summed E-state index contributed by atoms with van der Waals surface area (Å²) in [5, 5.41) is 3.34. The summed E-state index contributed by atoms with van der Waals surface area (Å²) >= 11 is 0. The second kappa shape index (κ2) is 7.28. The molecular formula is C17H23N5O. The summed E-state index contributed by atoms with van der Waals surface area (Å²) in [5.74, 6) is 1.45. The molecule has 0 aliphatic carbocycles. The van der Waals surface area contributed by atoms with Crippen LogP contribution in [0.3, 0.4) is 0 Å². The predicted octanol–water partition coefficient (Wildman–Crippen LogP) is 1.53. The first kappa shape index (κ1) is 15.6. The summed E-state index contributed by atoms with van der Waals surface area (Å²) in [6, 6.07) is 8.29. The highest BCUT2D eigenvalue weighted by Crippen LogP contribution is 2.17. The zero-order valence-electron chi connectivity index (χ0n) is 13.7. The Labute approximate surface area is 137 Å². The summed E-state index contributed by atoms with van der Waals surface area (Å²) in [6.07, 6.45) is 3.46. The van der Waals surface area contributed by atoms with Crippen LogP contribution in [-0.4, -0.2) is 50.2 Å². The summed E-state index contributed by atoms with van der Waals surface area (Å²) in [5.41, 5.74) is 2.28. The molecule has 0 saturated carbocycles. The van der Waals surface area contributed by atoms with Gasteiger partial charge in [-0.3, -0.25) is 4.98 Å². The van der Waals surface area contributed by atoms with Gasteiger partial charge >= 0.3 is 0 Å². The van der Waals surface area contributed by atoms with E-state index in [1.165, 1.54) is 0 Å². The van der Waals surface area contributed by atoms with Crippen LogP contribution in [0.5, 0.6) is 5.88 Å². The van der Waals surface area contributed by atoms with Crippen LogP contribution >= 0.6 is 0 Å². The van der Waals surface area contributed by atoms with E-state index in [0.717, 1.165) is 43.2 Å². The molecule has 2 aromatic rings. The van der Waals surface area contributed by atoms with Gasteiger partial charge in [-0.05, 0) is 17.7 Å². The van der Waals surface area contributed by atoms with Gasteiger partial charge in [-0.25, -0.2) is 0 Å². The molecule has 6 nitrogen and oxygen atoms in total.